The molecule has 0 amide bonds. The summed E-state index contributed by atoms with van der Waals surface area (Å²) in [6, 6.07) is 0. The van der Waals surface area contributed by atoms with Crippen molar-refractivity contribution in [2.24, 2.45) is 10.9 Å². The van der Waals surface area contributed by atoms with Crippen LogP contribution in [0.5, 0.6) is 0 Å². The molecular weight excluding hydrogens is 74.1 g/mol. The molecule has 0 aromatic carbocycles. The minimum Gasteiger partial charge on any atom is -0.297 e. The molecular formula is C5H9N. The van der Waals surface area contributed by atoms with E-state index in [9.17, 15) is 0 Å². The van der Waals surface area contributed by atoms with Crippen molar-refractivity contribution in [3.63, 3.8) is 0 Å². The number of nitrogens with zero attached hydrogens (tertiary/aromatic N) is 1. The Hall–Kier alpha value is -0.330. The van der Waals surface area contributed by atoms with Crippen LogP contribution in [0.4, 0.5) is 0 Å². The predicted molar refractivity (Wildman–Crippen MR) is 27.1 cm³/mol. The highest BCUT2D eigenvalue weighted by Gasteiger charge is 2.01. The lowest BCUT2D eigenvalue weighted by molar-refractivity contribution is 0.666. The van der Waals surface area contributed by atoms with Crippen LogP contribution in [-0.2, 0) is 0 Å². The second-order valence-corrected chi connectivity index (χ2v) is 1.89. The van der Waals surface area contributed by atoms with Gasteiger partial charge in [-0.15, -0.1) is 0 Å². The van der Waals surface area contributed by atoms with E-state index in [0.717, 1.165) is 12.5 Å². The molecule has 1 rings (SSSR count). The molecule has 0 aromatic heterocycles. The van der Waals surface area contributed by atoms with Gasteiger partial charge < -0.3 is 0 Å². The molecule has 0 saturated carbocycles. The Morgan fingerprint density at radius 2 is 2.67 bits per heavy atom. The highest BCUT2D eigenvalue weighted by Crippen LogP contribution is 2.04. The Morgan fingerprint density at radius 1 is 1.83 bits per heavy atom. The van der Waals surface area contributed by atoms with E-state index in [1.807, 2.05) is 6.21 Å². The Labute approximate surface area is 38.1 Å². The fourth-order valence-corrected chi connectivity index (χ4v) is 0.583. The molecule has 1 aliphatic heterocycles. The quantitative estimate of drug-likeness (QED) is 0.416. The van der Waals surface area contributed by atoms with E-state index in [1.165, 1.54) is 6.42 Å². The van der Waals surface area contributed by atoms with Crippen LogP contribution in [-0.4, -0.2) is 12.8 Å². The fraction of sp³-hybridized carbons (Fsp3) is 0.800. The van der Waals surface area contributed by atoms with Crippen molar-refractivity contribution in [2.45, 2.75) is 13.3 Å². The van der Waals surface area contributed by atoms with Gasteiger partial charge in [-0.3, -0.25) is 4.99 Å². The van der Waals surface area contributed by atoms with Crippen molar-refractivity contribution >= 4 is 6.21 Å². The Kier molecular flexibility index (Phi) is 0.906. The zero-order chi connectivity index (χ0) is 4.41. The Balaban J connectivity index is 2.32. The van der Waals surface area contributed by atoms with E-state index in [1.54, 1.807) is 0 Å². The van der Waals surface area contributed by atoms with Gasteiger partial charge in [0, 0.05) is 6.54 Å². The van der Waals surface area contributed by atoms with Crippen LogP contribution < -0.4 is 0 Å². The first-order valence-corrected chi connectivity index (χ1v) is 2.38. The number of hydrogen-bond donors (Lipinski definition) is 0. The Morgan fingerprint density at radius 3 is 2.83 bits per heavy atom. The third-order valence-electron chi connectivity index (χ3n) is 1.05. The molecule has 1 heterocycles. The van der Waals surface area contributed by atoms with Gasteiger partial charge in [-0.2, -0.15) is 0 Å². The van der Waals surface area contributed by atoms with E-state index in [4.69, 9.17) is 0 Å². The molecule has 0 saturated heterocycles. The average Bonchev–Trinajstić information content (AvgIpc) is 1.86. The lowest BCUT2D eigenvalue weighted by Crippen LogP contribution is -1.88. The number of aliphatic imine (C=N–C) groups is 1. The highest BCUT2D eigenvalue weighted by atomic mass is 14.7. The SMILES string of the molecule is CC1CC=NC1. The number of hydrogen-bond acceptors (Lipinski definition) is 1. The zero-order valence-corrected chi connectivity index (χ0v) is 4.02. The maximum Gasteiger partial charge on any atom is 0.0414 e. The van der Waals surface area contributed by atoms with Crippen molar-refractivity contribution in [1.29, 1.82) is 0 Å². The van der Waals surface area contributed by atoms with Crippen LogP contribution in [0.15, 0.2) is 4.99 Å². The molecule has 0 N–H and O–H groups in total. The summed E-state index contributed by atoms with van der Waals surface area (Å²) in [5.41, 5.74) is 0. The minimum absolute atomic E-state index is 0.824. The molecule has 1 aliphatic rings. The van der Waals surface area contributed by atoms with E-state index >= 15 is 0 Å². The third kappa shape index (κ3) is 0.588. The highest BCUT2D eigenvalue weighted by molar-refractivity contribution is 5.59. The zero-order valence-electron chi connectivity index (χ0n) is 4.02. The van der Waals surface area contributed by atoms with Gasteiger partial charge in [-0.05, 0) is 18.6 Å². The molecule has 0 aromatic rings. The van der Waals surface area contributed by atoms with Gasteiger partial charge in [0.25, 0.3) is 0 Å². The van der Waals surface area contributed by atoms with Crippen molar-refractivity contribution in [3.8, 4) is 0 Å². The van der Waals surface area contributed by atoms with Crippen LogP contribution in [0.25, 0.3) is 0 Å². The summed E-state index contributed by atoms with van der Waals surface area (Å²) in [4.78, 5) is 4.04. The van der Waals surface area contributed by atoms with Gasteiger partial charge in [0.1, 0.15) is 0 Å². The molecule has 1 atom stereocenters. The third-order valence-corrected chi connectivity index (χ3v) is 1.05. The maximum atomic E-state index is 4.04. The van der Waals surface area contributed by atoms with Gasteiger partial charge in [0.05, 0.1) is 0 Å². The molecule has 1 heteroatoms. The molecule has 0 aliphatic carbocycles. The first kappa shape index (κ1) is 3.85. The monoisotopic (exact) mass is 83.1 g/mol. The summed E-state index contributed by atoms with van der Waals surface area (Å²) in [7, 11) is 0. The first-order chi connectivity index (χ1) is 2.89. The van der Waals surface area contributed by atoms with Gasteiger partial charge in [0.2, 0.25) is 0 Å². The summed E-state index contributed by atoms with van der Waals surface area (Å²) in [6.45, 7) is 3.27. The van der Waals surface area contributed by atoms with Gasteiger partial charge in [-0.1, -0.05) is 6.92 Å². The van der Waals surface area contributed by atoms with Crippen molar-refractivity contribution in [3.05, 3.63) is 0 Å². The summed E-state index contributed by atoms with van der Waals surface area (Å²) < 4.78 is 0. The summed E-state index contributed by atoms with van der Waals surface area (Å²) in [5, 5.41) is 0. The molecule has 6 heavy (non-hydrogen) atoms. The first-order valence-electron chi connectivity index (χ1n) is 2.38. The van der Waals surface area contributed by atoms with Crippen molar-refractivity contribution in [2.75, 3.05) is 6.54 Å². The topological polar surface area (TPSA) is 12.4 Å². The van der Waals surface area contributed by atoms with Gasteiger partial charge >= 0.3 is 0 Å². The molecule has 0 spiro atoms. The van der Waals surface area contributed by atoms with E-state index in [2.05, 4.69) is 11.9 Å². The standard InChI is InChI=1S/C5H9N/c1-5-2-3-6-4-5/h3,5H,2,4H2,1H3. The molecule has 34 valence electrons. The molecule has 1 unspecified atom stereocenters. The van der Waals surface area contributed by atoms with E-state index < -0.39 is 0 Å². The van der Waals surface area contributed by atoms with Crippen LogP contribution in [0.2, 0.25) is 0 Å². The van der Waals surface area contributed by atoms with Crippen molar-refractivity contribution in [1.82, 2.24) is 0 Å². The normalized spacial score (nSPS) is 31.8. The maximum absolute atomic E-state index is 4.04. The molecule has 0 fully saturated rings. The van der Waals surface area contributed by atoms with Crippen LogP contribution in [0, 0.1) is 5.92 Å². The van der Waals surface area contributed by atoms with Crippen molar-refractivity contribution < 1.29 is 0 Å². The summed E-state index contributed by atoms with van der Waals surface area (Å²) >= 11 is 0. The van der Waals surface area contributed by atoms with E-state index in [0.29, 0.717) is 0 Å². The van der Waals surface area contributed by atoms with Crippen LogP contribution >= 0.6 is 0 Å². The van der Waals surface area contributed by atoms with E-state index in [-0.39, 0.29) is 0 Å². The fourth-order valence-electron chi connectivity index (χ4n) is 0.583. The smallest absolute Gasteiger partial charge is 0.0414 e. The Bertz CT molecular complexity index is 58.3. The lowest BCUT2D eigenvalue weighted by Gasteiger charge is -1.90. The summed E-state index contributed by atoms with van der Waals surface area (Å²) in [5.74, 6) is 0.824. The number of rotatable bonds is 0. The largest absolute Gasteiger partial charge is 0.297 e. The predicted octanol–water partition coefficient (Wildman–Crippen LogP) is 1.10. The lowest BCUT2D eigenvalue weighted by atomic mass is 10.2. The second kappa shape index (κ2) is 1.41. The second-order valence-electron chi connectivity index (χ2n) is 1.89. The summed E-state index contributed by atoms with van der Waals surface area (Å²) in [6.07, 6.45) is 3.20. The van der Waals surface area contributed by atoms with Crippen LogP contribution in [0.3, 0.4) is 0 Å². The van der Waals surface area contributed by atoms with Gasteiger partial charge in [0.15, 0.2) is 0 Å². The molecule has 1 nitrogen and oxygen atoms in total. The average molecular weight is 83.1 g/mol. The van der Waals surface area contributed by atoms with Gasteiger partial charge in [-0.25, -0.2) is 0 Å². The molecule has 0 bridgehead atoms. The molecule has 0 radical (unpaired) electrons. The van der Waals surface area contributed by atoms with Crippen LogP contribution in [0.1, 0.15) is 13.3 Å². The minimum atomic E-state index is 0.824.